The molecule has 1 rings (SSSR count). The number of unbranched alkanes of at least 4 members (excludes halogenated alkanes) is 10. The maximum Gasteiger partial charge on any atom is 0.495 e. The van der Waals surface area contributed by atoms with E-state index in [1.165, 1.54) is 64.2 Å². The molecule has 0 aliphatic carbocycles. The van der Waals surface area contributed by atoms with Crippen LogP contribution in [0.3, 0.4) is 0 Å². The van der Waals surface area contributed by atoms with Gasteiger partial charge in [-0.1, -0.05) is 96.3 Å². The normalized spacial score (nSPS) is 10.7. The van der Waals surface area contributed by atoms with Crippen LogP contribution in [0, 0.1) is 11.3 Å². The highest BCUT2D eigenvalue weighted by Gasteiger charge is 2.24. The molecule has 0 aliphatic heterocycles. The Hall–Kier alpha value is -1.31. The first-order valence-electron chi connectivity index (χ1n) is 11.1. The molecule has 0 saturated heterocycles. The largest absolute Gasteiger partial charge is 0.495 e. The van der Waals surface area contributed by atoms with Crippen molar-refractivity contribution >= 4 is 12.6 Å². The zero-order chi connectivity index (χ0) is 19.6. The highest BCUT2D eigenvalue weighted by molar-refractivity contribution is 6.62. The van der Waals surface area contributed by atoms with E-state index in [0.29, 0.717) is 18.8 Å². The Kier molecular flexibility index (Phi) is 14.8. The second-order valence-electron chi connectivity index (χ2n) is 7.31. The van der Waals surface area contributed by atoms with Gasteiger partial charge in [0.15, 0.2) is 0 Å². The van der Waals surface area contributed by atoms with E-state index in [4.69, 9.17) is 9.31 Å². The van der Waals surface area contributed by atoms with Crippen LogP contribution in [-0.2, 0) is 9.31 Å². The van der Waals surface area contributed by atoms with Gasteiger partial charge in [-0.2, -0.15) is 5.26 Å². The average molecular weight is 371 g/mol. The average Bonchev–Trinajstić information content (AvgIpc) is 2.71. The third kappa shape index (κ3) is 11.2. The first-order chi connectivity index (χ1) is 13.3. The lowest BCUT2D eigenvalue weighted by Crippen LogP contribution is -2.39. The summed E-state index contributed by atoms with van der Waals surface area (Å²) in [6.07, 6.45) is 14.9. The summed E-state index contributed by atoms with van der Waals surface area (Å²) in [5.41, 5.74) is 1.50. The van der Waals surface area contributed by atoms with Gasteiger partial charge in [0.2, 0.25) is 0 Å². The van der Waals surface area contributed by atoms with Crippen LogP contribution in [0.2, 0.25) is 0 Å². The van der Waals surface area contributed by atoms with Gasteiger partial charge in [0.05, 0.1) is 11.6 Å². The highest BCUT2D eigenvalue weighted by atomic mass is 16.6. The zero-order valence-corrected chi connectivity index (χ0v) is 17.5. The Labute approximate surface area is 167 Å². The number of nitriles is 1. The first kappa shape index (κ1) is 23.7. The van der Waals surface area contributed by atoms with Crippen LogP contribution < -0.4 is 5.46 Å². The van der Waals surface area contributed by atoms with Crippen molar-refractivity contribution in [1.82, 2.24) is 0 Å². The maximum absolute atomic E-state index is 9.39. The minimum atomic E-state index is -0.424. The second-order valence-corrected chi connectivity index (χ2v) is 7.31. The SMILES string of the molecule is CCCCCCCCOB(OCCCCCCCC)c1ccccc1C#N. The summed E-state index contributed by atoms with van der Waals surface area (Å²) in [6.45, 7) is 5.85. The van der Waals surface area contributed by atoms with Crippen molar-refractivity contribution < 1.29 is 9.31 Å². The highest BCUT2D eigenvalue weighted by Crippen LogP contribution is 2.08. The quantitative estimate of drug-likeness (QED) is 0.249. The van der Waals surface area contributed by atoms with Crippen LogP contribution in [0.5, 0.6) is 0 Å². The Morgan fingerprint density at radius 1 is 0.741 bits per heavy atom. The fourth-order valence-corrected chi connectivity index (χ4v) is 3.18. The van der Waals surface area contributed by atoms with Crippen molar-refractivity contribution in [3.05, 3.63) is 29.8 Å². The predicted molar refractivity (Wildman–Crippen MR) is 115 cm³/mol. The summed E-state index contributed by atoms with van der Waals surface area (Å²) in [7, 11) is -0.424. The van der Waals surface area contributed by atoms with Gasteiger partial charge in [-0.05, 0) is 18.9 Å². The molecule has 0 aliphatic rings. The lowest BCUT2D eigenvalue weighted by atomic mass is 9.76. The molecular weight excluding hydrogens is 333 g/mol. The summed E-state index contributed by atoms with van der Waals surface area (Å²) >= 11 is 0. The molecule has 3 nitrogen and oxygen atoms in total. The molecular formula is C23H38BNO2. The molecule has 0 saturated carbocycles. The van der Waals surface area contributed by atoms with E-state index < -0.39 is 7.12 Å². The minimum Gasteiger partial charge on any atom is -0.407 e. The first-order valence-corrected chi connectivity index (χ1v) is 11.1. The lowest BCUT2D eigenvalue weighted by molar-refractivity contribution is 0.199. The Bertz CT molecular complexity index is 497. The summed E-state index contributed by atoms with van der Waals surface area (Å²) in [5, 5.41) is 9.39. The minimum absolute atomic E-state index is 0.424. The van der Waals surface area contributed by atoms with Gasteiger partial charge < -0.3 is 9.31 Å². The monoisotopic (exact) mass is 371 g/mol. The van der Waals surface area contributed by atoms with Crippen LogP contribution in [0.1, 0.15) is 96.5 Å². The number of hydrogen-bond donors (Lipinski definition) is 0. The van der Waals surface area contributed by atoms with Crippen LogP contribution in [0.4, 0.5) is 0 Å². The van der Waals surface area contributed by atoms with E-state index in [1.54, 1.807) is 0 Å². The van der Waals surface area contributed by atoms with E-state index in [-0.39, 0.29) is 0 Å². The third-order valence-electron chi connectivity index (χ3n) is 4.87. The van der Waals surface area contributed by atoms with E-state index in [2.05, 4.69) is 19.9 Å². The fourth-order valence-electron chi connectivity index (χ4n) is 3.18. The van der Waals surface area contributed by atoms with Gasteiger partial charge in [-0.15, -0.1) is 0 Å². The second kappa shape index (κ2) is 16.8. The Morgan fingerprint density at radius 2 is 1.22 bits per heavy atom. The van der Waals surface area contributed by atoms with Crippen LogP contribution in [0.15, 0.2) is 24.3 Å². The molecule has 1 aromatic rings. The van der Waals surface area contributed by atoms with E-state index in [0.717, 1.165) is 18.3 Å². The molecule has 0 radical (unpaired) electrons. The van der Waals surface area contributed by atoms with Gasteiger partial charge in [0, 0.05) is 18.7 Å². The number of benzene rings is 1. The molecule has 0 atom stereocenters. The van der Waals surface area contributed by atoms with Gasteiger partial charge >= 0.3 is 7.12 Å². The summed E-state index contributed by atoms with van der Waals surface area (Å²) < 4.78 is 12.1. The molecule has 150 valence electrons. The van der Waals surface area contributed by atoms with Gasteiger partial charge in [-0.25, -0.2) is 0 Å². The molecule has 0 aromatic heterocycles. The number of hydrogen-bond acceptors (Lipinski definition) is 3. The number of nitrogens with zero attached hydrogens (tertiary/aromatic N) is 1. The van der Waals surface area contributed by atoms with Crippen molar-refractivity contribution in [3.63, 3.8) is 0 Å². The van der Waals surface area contributed by atoms with Crippen LogP contribution >= 0.6 is 0 Å². The van der Waals surface area contributed by atoms with Crippen molar-refractivity contribution in [2.24, 2.45) is 0 Å². The Morgan fingerprint density at radius 3 is 1.74 bits per heavy atom. The van der Waals surface area contributed by atoms with Crippen LogP contribution in [0.25, 0.3) is 0 Å². The fraction of sp³-hybridized carbons (Fsp3) is 0.696. The molecule has 0 bridgehead atoms. The van der Waals surface area contributed by atoms with Gasteiger partial charge in [-0.3, -0.25) is 0 Å². The van der Waals surface area contributed by atoms with Crippen LogP contribution in [-0.4, -0.2) is 20.3 Å². The van der Waals surface area contributed by atoms with Crippen molar-refractivity contribution in [2.45, 2.75) is 90.9 Å². The zero-order valence-electron chi connectivity index (χ0n) is 17.5. The molecule has 0 N–H and O–H groups in total. The predicted octanol–water partition coefficient (Wildman–Crippen LogP) is 6.01. The molecule has 0 amide bonds. The van der Waals surface area contributed by atoms with E-state index >= 15 is 0 Å². The van der Waals surface area contributed by atoms with E-state index in [9.17, 15) is 5.26 Å². The molecule has 0 spiro atoms. The lowest BCUT2D eigenvalue weighted by Gasteiger charge is -2.16. The molecule has 4 heteroatoms. The van der Waals surface area contributed by atoms with Crippen molar-refractivity contribution in [2.75, 3.05) is 13.2 Å². The molecule has 1 aromatic carbocycles. The van der Waals surface area contributed by atoms with Gasteiger partial charge in [0.25, 0.3) is 0 Å². The van der Waals surface area contributed by atoms with Crippen molar-refractivity contribution in [3.8, 4) is 6.07 Å². The smallest absolute Gasteiger partial charge is 0.407 e. The molecule has 0 unspecified atom stereocenters. The topological polar surface area (TPSA) is 42.2 Å². The molecule has 0 heterocycles. The standard InChI is InChI=1S/C23H38BNO2/c1-3-5-7-9-11-15-19-26-24(23-18-14-13-17-22(23)21-25)27-20-16-12-10-8-6-4-2/h13-14,17-18H,3-12,15-16,19-20H2,1-2H3. The van der Waals surface area contributed by atoms with E-state index in [1.807, 2.05) is 24.3 Å². The third-order valence-corrected chi connectivity index (χ3v) is 4.87. The summed E-state index contributed by atoms with van der Waals surface area (Å²) in [6, 6.07) is 9.89. The summed E-state index contributed by atoms with van der Waals surface area (Å²) in [5.74, 6) is 0. The molecule has 27 heavy (non-hydrogen) atoms. The number of rotatable bonds is 17. The maximum atomic E-state index is 9.39. The molecule has 0 fully saturated rings. The summed E-state index contributed by atoms with van der Waals surface area (Å²) in [4.78, 5) is 0. The van der Waals surface area contributed by atoms with Crippen molar-refractivity contribution in [1.29, 1.82) is 5.26 Å². The van der Waals surface area contributed by atoms with Gasteiger partial charge in [0.1, 0.15) is 0 Å². The Balaban J connectivity index is 2.41.